The third-order valence-corrected chi connectivity index (χ3v) is 8.88. The number of fused-ring (bicyclic) bond motifs is 2. The molecule has 0 radical (unpaired) electrons. The lowest BCUT2D eigenvalue weighted by Crippen LogP contribution is -2.07. The monoisotopic (exact) mass is 660 g/mol. The van der Waals surface area contributed by atoms with E-state index < -0.39 is 0 Å². The number of rotatable bonds is 20. The number of hydrogen-bond donors (Lipinski definition) is 0. The smallest absolute Gasteiger partial charge is 0.169 e. The average molecular weight is 661 g/mol. The number of hydrogen-bond acceptors (Lipinski definition) is 8. The summed E-state index contributed by atoms with van der Waals surface area (Å²) in [6.45, 7) is 10.8. The van der Waals surface area contributed by atoms with Crippen LogP contribution < -0.4 is 37.9 Å². The fourth-order valence-corrected chi connectivity index (χ4v) is 6.38. The van der Waals surface area contributed by atoms with Gasteiger partial charge in [-0.3, -0.25) is 0 Å². The zero-order valence-corrected chi connectivity index (χ0v) is 30.1. The van der Waals surface area contributed by atoms with Crippen LogP contribution in [0.5, 0.6) is 46.0 Å². The zero-order valence-electron chi connectivity index (χ0n) is 30.1. The van der Waals surface area contributed by atoms with Gasteiger partial charge in [-0.05, 0) is 60.7 Å². The summed E-state index contributed by atoms with van der Waals surface area (Å²) in [6, 6.07) is 8.11. The molecule has 0 aliphatic rings. The van der Waals surface area contributed by atoms with Crippen LogP contribution >= 0.6 is 0 Å². The van der Waals surface area contributed by atoms with E-state index in [4.69, 9.17) is 37.9 Å². The van der Waals surface area contributed by atoms with E-state index in [2.05, 4.69) is 27.7 Å². The zero-order chi connectivity index (χ0) is 34.2. The maximum atomic E-state index is 6.69. The quantitative estimate of drug-likeness (QED) is 0.0464. The summed E-state index contributed by atoms with van der Waals surface area (Å²) in [5, 5.41) is 7.26. The molecule has 0 N–H and O–H groups in total. The first-order valence-electron chi connectivity index (χ1n) is 17.6. The predicted octanol–water partition coefficient (Wildman–Crippen LogP) is 10.5. The van der Waals surface area contributed by atoms with E-state index in [1.165, 1.54) is 0 Å². The number of methoxy groups -OCH3 is 4. The van der Waals surface area contributed by atoms with Crippen molar-refractivity contribution in [3.8, 4) is 46.0 Å². The Bertz CT molecular complexity index is 1570. The molecule has 5 aromatic carbocycles. The summed E-state index contributed by atoms with van der Waals surface area (Å²) in [4.78, 5) is 0. The van der Waals surface area contributed by atoms with Crippen molar-refractivity contribution in [2.45, 2.75) is 79.1 Å². The topological polar surface area (TPSA) is 73.8 Å². The van der Waals surface area contributed by atoms with Crippen LogP contribution in [0.4, 0.5) is 0 Å². The van der Waals surface area contributed by atoms with Crippen molar-refractivity contribution in [2.24, 2.45) is 0 Å². The molecule has 5 aromatic rings. The highest BCUT2D eigenvalue weighted by Crippen LogP contribution is 2.59. The molecule has 0 heterocycles. The first-order chi connectivity index (χ1) is 23.5. The van der Waals surface area contributed by atoms with Crippen molar-refractivity contribution in [1.82, 2.24) is 0 Å². The molecule has 0 aliphatic heterocycles. The second-order valence-corrected chi connectivity index (χ2v) is 12.1. The predicted molar refractivity (Wildman–Crippen MR) is 195 cm³/mol. The van der Waals surface area contributed by atoms with Gasteiger partial charge in [0.1, 0.15) is 0 Å². The van der Waals surface area contributed by atoms with Crippen LogP contribution in [0.25, 0.3) is 43.1 Å². The van der Waals surface area contributed by atoms with E-state index in [1.807, 2.05) is 24.3 Å². The molecule has 0 fully saturated rings. The molecule has 0 unspecified atom stereocenters. The van der Waals surface area contributed by atoms with E-state index in [0.29, 0.717) is 72.4 Å². The fourth-order valence-electron chi connectivity index (χ4n) is 6.38. The molecule has 0 bridgehead atoms. The Hall–Kier alpha value is -4.20. The van der Waals surface area contributed by atoms with Crippen molar-refractivity contribution in [3.05, 3.63) is 24.3 Å². The van der Waals surface area contributed by atoms with Crippen molar-refractivity contribution < 1.29 is 37.9 Å². The van der Waals surface area contributed by atoms with Crippen molar-refractivity contribution >= 4 is 43.1 Å². The number of benzene rings is 5. The van der Waals surface area contributed by atoms with Crippen LogP contribution in [0.1, 0.15) is 79.1 Å². The maximum absolute atomic E-state index is 6.69. The Labute approximate surface area is 284 Å². The average Bonchev–Trinajstić information content (AvgIpc) is 3.11. The van der Waals surface area contributed by atoms with Gasteiger partial charge >= 0.3 is 0 Å². The maximum Gasteiger partial charge on any atom is 0.169 e. The molecule has 0 amide bonds. The summed E-state index contributed by atoms with van der Waals surface area (Å²) in [5.41, 5.74) is 0. The molecule has 8 heteroatoms. The third-order valence-electron chi connectivity index (χ3n) is 8.88. The molecular formula is C40H52O8. The largest absolute Gasteiger partial charge is 0.493 e. The normalized spacial score (nSPS) is 11.5. The Morgan fingerprint density at radius 3 is 0.771 bits per heavy atom. The summed E-state index contributed by atoms with van der Waals surface area (Å²) in [6.07, 6.45) is 7.60. The van der Waals surface area contributed by atoms with Crippen LogP contribution in [-0.2, 0) is 0 Å². The van der Waals surface area contributed by atoms with Gasteiger partial charge in [-0.2, -0.15) is 0 Å². The van der Waals surface area contributed by atoms with Crippen molar-refractivity contribution in [1.29, 1.82) is 0 Å². The minimum Gasteiger partial charge on any atom is -0.493 e. The van der Waals surface area contributed by atoms with Crippen LogP contribution in [0, 0.1) is 0 Å². The van der Waals surface area contributed by atoms with Crippen LogP contribution in [0.3, 0.4) is 0 Å². The van der Waals surface area contributed by atoms with Crippen molar-refractivity contribution in [2.75, 3.05) is 54.9 Å². The molecule has 260 valence electrons. The molecule has 0 aliphatic carbocycles. The van der Waals surface area contributed by atoms with E-state index in [9.17, 15) is 0 Å². The number of ether oxygens (including phenoxy) is 8. The van der Waals surface area contributed by atoms with Gasteiger partial charge in [0, 0.05) is 32.3 Å². The van der Waals surface area contributed by atoms with Gasteiger partial charge in [0.2, 0.25) is 0 Å². The van der Waals surface area contributed by atoms with Crippen LogP contribution in [0.2, 0.25) is 0 Å². The Kier molecular flexibility index (Phi) is 11.9. The lowest BCUT2D eigenvalue weighted by molar-refractivity contribution is 0.288. The highest BCUT2D eigenvalue weighted by molar-refractivity contribution is 6.39. The van der Waals surface area contributed by atoms with E-state index in [1.54, 1.807) is 28.4 Å². The van der Waals surface area contributed by atoms with E-state index in [0.717, 1.165) is 94.5 Å². The molecule has 48 heavy (non-hydrogen) atoms. The van der Waals surface area contributed by atoms with Gasteiger partial charge in [0.05, 0.1) is 54.9 Å². The first kappa shape index (κ1) is 35.1. The molecule has 0 atom stereocenters. The van der Waals surface area contributed by atoms with Gasteiger partial charge in [-0.25, -0.2) is 0 Å². The summed E-state index contributed by atoms with van der Waals surface area (Å²) in [7, 11) is 6.73. The van der Waals surface area contributed by atoms with Crippen LogP contribution in [-0.4, -0.2) is 54.9 Å². The Morgan fingerprint density at radius 1 is 0.354 bits per heavy atom. The molecule has 0 saturated carbocycles. The molecule has 8 nitrogen and oxygen atoms in total. The Balaban J connectivity index is 2.13. The van der Waals surface area contributed by atoms with Gasteiger partial charge < -0.3 is 37.9 Å². The Morgan fingerprint density at radius 2 is 0.583 bits per heavy atom. The first-order valence-corrected chi connectivity index (χ1v) is 17.6. The van der Waals surface area contributed by atoms with Gasteiger partial charge in [-0.1, -0.05) is 53.4 Å². The van der Waals surface area contributed by atoms with E-state index >= 15 is 0 Å². The molecular weight excluding hydrogens is 608 g/mol. The van der Waals surface area contributed by atoms with Crippen molar-refractivity contribution in [3.63, 3.8) is 0 Å². The lowest BCUT2D eigenvalue weighted by atomic mass is 9.86. The minimum absolute atomic E-state index is 0.538. The third kappa shape index (κ3) is 6.46. The molecule has 0 saturated heterocycles. The standard InChI is InChI=1S/C40H52O8/c1-9-13-17-45-37-27(41-5)21-25-22-29(43-7)39(47-19-15-11-3)35-31(25)33(37)34-32-26(23-28(42-6)38(34)46-18-14-10-2)24-30(44-8)40(36(32)35)48-20-16-12-4/h21-24H,9-20H2,1-8H3. The van der Waals surface area contributed by atoms with Gasteiger partial charge in [-0.15, -0.1) is 0 Å². The molecule has 0 aromatic heterocycles. The molecule has 5 rings (SSSR count). The fraction of sp³-hybridized carbons (Fsp3) is 0.500. The lowest BCUT2D eigenvalue weighted by Gasteiger charge is -2.26. The van der Waals surface area contributed by atoms with Gasteiger partial charge in [0.15, 0.2) is 46.0 Å². The minimum atomic E-state index is 0.538. The summed E-state index contributed by atoms with van der Waals surface area (Å²) >= 11 is 0. The molecule has 0 spiro atoms. The highest BCUT2D eigenvalue weighted by Gasteiger charge is 2.31. The second kappa shape index (κ2) is 16.3. The van der Waals surface area contributed by atoms with E-state index in [-0.39, 0.29) is 0 Å². The summed E-state index contributed by atoms with van der Waals surface area (Å²) in [5.74, 6) is 5.18. The van der Waals surface area contributed by atoms with Gasteiger partial charge in [0.25, 0.3) is 0 Å². The SMILES string of the molecule is CCCCOc1c(OC)cc2cc(OC)c(OCCCC)c3c4c(OCCCC)c(OC)cc5cc(OC)c(OCCCC)c(c1c23)c54. The summed E-state index contributed by atoms with van der Waals surface area (Å²) < 4.78 is 51.0. The number of unbranched alkanes of at least 4 members (excludes halogenated alkanes) is 4. The highest BCUT2D eigenvalue weighted by atomic mass is 16.5. The van der Waals surface area contributed by atoms with Crippen LogP contribution in [0.15, 0.2) is 24.3 Å². The second-order valence-electron chi connectivity index (χ2n) is 12.1.